The van der Waals surface area contributed by atoms with Gasteiger partial charge in [-0.3, -0.25) is 0 Å². The first-order valence-corrected chi connectivity index (χ1v) is 7.87. The predicted octanol–water partition coefficient (Wildman–Crippen LogP) is 5.33. The van der Waals surface area contributed by atoms with Crippen molar-refractivity contribution < 1.29 is 13.2 Å². The molecule has 0 heterocycles. The van der Waals surface area contributed by atoms with Crippen LogP contribution in [0.15, 0.2) is 24.3 Å². The van der Waals surface area contributed by atoms with Gasteiger partial charge in [0.15, 0.2) is 0 Å². The third kappa shape index (κ3) is 5.03. The highest BCUT2D eigenvalue weighted by Crippen LogP contribution is 2.31. The summed E-state index contributed by atoms with van der Waals surface area (Å²) >= 11 is 0. The minimum atomic E-state index is -4.27. The predicted molar refractivity (Wildman–Crippen MR) is 79.1 cm³/mol. The summed E-state index contributed by atoms with van der Waals surface area (Å²) in [7, 11) is 0. The van der Waals surface area contributed by atoms with E-state index in [0.717, 1.165) is 24.9 Å². The van der Waals surface area contributed by atoms with E-state index in [1.165, 1.54) is 44.2 Å². The molecule has 1 aliphatic rings. The Labute approximate surface area is 124 Å². The summed E-state index contributed by atoms with van der Waals surface area (Å²) in [6.07, 6.45) is 3.50. The van der Waals surface area contributed by atoms with Crippen molar-refractivity contribution in [2.45, 2.75) is 57.7 Å². The summed E-state index contributed by atoms with van der Waals surface area (Å²) in [6, 6.07) is 5.56. The lowest BCUT2D eigenvalue weighted by atomic mass is 10.0. The van der Waals surface area contributed by atoms with Crippen LogP contribution >= 0.6 is 0 Å². The molecule has 0 bridgehead atoms. The van der Waals surface area contributed by atoms with E-state index in [-0.39, 0.29) is 6.04 Å². The lowest BCUT2D eigenvalue weighted by molar-refractivity contribution is -0.137. The molecule has 4 heteroatoms. The molecule has 0 amide bonds. The molecule has 0 spiro atoms. The van der Waals surface area contributed by atoms with Crippen LogP contribution in [0.5, 0.6) is 0 Å². The van der Waals surface area contributed by atoms with Crippen LogP contribution in [0.1, 0.15) is 62.6 Å². The first-order valence-electron chi connectivity index (χ1n) is 7.87. The third-order valence-electron chi connectivity index (χ3n) is 4.43. The summed E-state index contributed by atoms with van der Waals surface area (Å²) in [5.41, 5.74) is 0.130. The van der Waals surface area contributed by atoms with E-state index >= 15 is 0 Å². The fraction of sp³-hybridized carbons (Fsp3) is 0.647. The average Bonchev–Trinajstić information content (AvgIpc) is 2.96. The van der Waals surface area contributed by atoms with Crippen molar-refractivity contribution in [3.05, 3.63) is 35.4 Å². The molecule has 1 nitrogen and oxygen atoms in total. The second-order valence-corrected chi connectivity index (χ2v) is 6.09. The molecule has 1 fully saturated rings. The molecular weight excluding hydrogens is 275 g/mol. The summed E-state index contributed by atoms with van der Waals surface area (Å²) in [6.45, 7) is 2.79. The van der Waals surface area contributed by atoms with Crippen molar-refractivity contribution >= 4 is 0 Å². The number of alkyl halides is 3. The summed E-state index contributed by atoms with van der Waals surface area (Å²) in [5, 5.41) is 3.33. The maximum atomic E-state index is 12.7. The van der Waals surface area contributed by atoms with Crippen molar-refractivity contribution in [2.75, 3.05) is 6.54 Å². The number of rotatable bonds is 6. The first-order chi connectivity index (χ1) is 9.97. The quantitative estimate of drug-likeness (QED) is 0.700. The molecular formula is C17H24F3N. The standard InChI is InChI=1S/C17H24F3N/c1-13(21-11-5-8-14-6-2-3-7-14)15-9-4-10-16(12-15)17(18,19)20/h4,9-10,12-14,21H,2-3,5-8,11H2,1H3. The number of hydrogen-bond donors (Lipinski definition) is 1. The molecule has 0 aliphatic heterocycles. The Hall–Kier alpha value is -1.03. The van der Waals surface area contributed by atoms with Crippen molar-refractivity contribution in [1.82, 2.24) is 5.32 Å². The molecule has 0 saturated heterocycles. The van der Waals surface area contributed by atoms with Gasteiger partial charge >= 0.3 is 6.18 Å². The molecule has 1 aromatic carbocycles. The first kappa shape index (κ1) is 16.3. The van der Waals surface area contributed by atoms with E-state index in [9.17, 15) is 13.2 Å². The Morgan fingerprint density at radius 2 is 1.95 bits per heavy atom. The van der Waals surface area contributed by atoms with Crippen LogP contribution in [0, 0.1) is 5.92 Å². The van der Waals surface area contributed by atoms with Gasteiger partial charge in [0.1, 0.15) is 0 Å². The van der Waals surface area contributed by atoms with Crippen molar-refractivity contribution in [3.8, 4) is 0 Å². The van der Waals surface area contributed by atoms with Gasteiger partial charge in [0.2, 0.25) is 0 Å². The number of halogens is 3. The van der Waals surface area contributed by atoms with Gasteiger partial charge in [-0.1, -0.05) is 37.8 Å². The topological polar surface area (TPSA) is 12.0 Å². The van der Waals surface area contributed by atoms with Gasteiger partial charge in [0, 0.05) is 6.04 Å². The average molecular weight is 299 g/mol. The van der Waals surface area contributed by atoms with Gasteiger partial charge in [0.05, 0.1) is 5.56 Å². The van der Waals surface area contributed by atoms with E-state index in [1.807, 2.05) is 6.92 Å². The maximum Gasteiger partial charge on any atom is 0.416 e. The van der Waals surface area contributed by atoms with Crippen LogP contribution in [-0.4, -0.2) is 6.54 Å². The van der Waals surface area contributed by atoms with Gasteiger partial charge in [-0.2, -0.15) is 13.2 Å². The molecule has 1 N–H and O–H groups in total. The molecule has 1 atom stereocenters. The van der Waals surface area contributed by atoms with E-state index in [0.29, 0.717) is 5.56 Å². The molecule has 1 saturated carbocycles. The Balaban J connectivity index is 1.78. The minimum absolute atomic E-state index is 0.0455. The molecule has 1 aromatic rings. The Kier molecular flexibility index (Phi) is 5.68. The van der Waals surface area contributed by atoms with Crippen LogP contribution in [0.25, 0.3) is 0 Å². The highest BCUT2D eigenvalue weighted by Gasteiger charge is 2.30. The highest BCUT2D eigenvalue weighted by atomic mass is 19.4. The largest absolute Gasteiger partial charge is 0.416 e. The van der Waals surface area contributed by atoms with Crippen molar-refractivity contribution in [3.63, 3.8) is 0 Å². The molecule has 0 aromatic heterocycles. The van der Waals surface area contributed by atoms with Crippen LogP contribution in [0.2, 0.25) is 0 Å². The second kappa shape index (κ2) is 7.30. The summed E-state index contributed by atoms with van der Waals surface area (Å²) in [5.74, 6) is 0.871. The van der Waals surface area contributed by atoms with Gasteiger partial charge in [0.25, 0.3) is 0 Å². The van der Waals surface area contributed by atoms with Crippen molar-refractivity contribution in [1.29, 1.82) is 0 Å². The van der Waals surface area contributed by atoms with E-state index in [4.69, 9.17) is 0 Å². The fourth-order valence-electron chi connectivity index (χ4n) is 3.11. The lowest BCUT2D eigenvalue weighted by Gasteiger charge is -2.17. The zero-order chi connectivity index (χ0) is 15.3. The number of hydrogen-bond acceptors (Lipinski definition) is 1. The van der Waals surface area contributed by atoms with Gasteiger partial charge < -0.3 is 5.32 Å². The highest BCUT2D eigenvalue weighted by molar-refractivity contribution is 5.27. The molecule has 21 heavy (non-hydrogen) atoms. The Bertz CT molecular complexity index is 436. The van der Waals surface area contributed by atoms with Crippen LogP contribution in [0.4, 0.5) is 13.2 Å². The fourth-order valence-corrected chi connectivity index (χ4v) is 3.11. The van der Waals surface area contributed by atoms with Gasteiger partial charge in [-0.25, -0.2) is 0 Å². The maximum absolute atomic E-state index is 12.7. The van der Waals surface area contributed by atoms with E-state index in [1.54, 1.807) is 6.07 Å². The molecule has 2 rings (SSSR count). The van der Waals surface area contributed by atoms with Crippen LogP contribution < -0.4 is 5.32 Å². The SMILES string of the molecule is CC(NCCCC1CCCC1)c1cccc(C(F)(F)F)c1. The summed E-state index contributed by atoms with van der Waals surface area (Å²) < 4.78 is 38.1. The van der Waals surface area contributed by atoms with E-state index < -0.39 is 11.7 Å². The third-order valence-corrected chi connectivity index (χ3v) is 4.43. The molecule has 118 valence electrons. The zero-order valence-electron chi connectivity index (χ0n) is 12.5. The van der Waals surface area contributed by atoms with Gasteiger partial charge in [-0.15, -0.1) is 0 Å². The Morgan fingerprint density at radius 3 is 2.62 bits per heavy atom. The lowest BCUT2D eigenvalue weighted by Crippen LogP contribution is -2.20. The second-order valence-electron chi connectivity index (χ2n) is 6.09. The smallest absolute Gasteiger partial charge is 0.310 e. The molecule has 0 radical (unpaired) electrons. The molecule has 1 aliphatic carbocycles. The molecule has 1 unspecified atom stereocenters. The van der Waals surface area contributed by atoms with Crippen molar-refractivity contribution in [2.24, 2.45) is 5.92 Å². The van der Waals surface area contributed by atoms with Crippen LogP contribution in [0.3, 0.4) is 0 Å². The van der Waals surface area contributed by atoms with Crippen LogP contribution in [-0.2, 0) is 6.18 Å². The Morgan fingerprint density at radius 1 is 1.24 bits per heavy atom. The van der Waals surface area contributed by atoms with E-state index in [2.05, 4.69) is 5.32 Å². The number of nitrogens with one attached hydrogen (secondary N) is 1. The zero-order valence-corrected chi connectivity index (χ0v) is 12.5. The van der Waals surface area contributed by atoms with Gasteiger partial charge in [-0.05, 0) is 49.9 Å². The number of benzene rings is 1. The normalized spacial score (nSPS) is 18.1. The monoisotopic (exact) mass is 299 g/mol. The summed E-state index contributed by atoms with van der Waals surface area (Å²) in [4.78, 5) is 0. The minimum Gasteiger partial charge on any atom is -0.310 e.